The molecule has 4 amide bonds. The summed E-state index contributed by atoms with van der Waals surface area (Å²) >= 11 is 0. The average Bonchev–Trinajstić information content (AvgIpc) is 3.38. The second-order valence-electron chi connectivity index (χ2n) is 11.4. The van der Waals surface area contributed by atoms with E-state index < -0.39 is 40.9 Å². The molecule has 8 heteroatoms. The molecule has 38 heavy (non-hydrogen) atoms. The standard InChI is InChI=1S/C30H34N4O4/c1-7-29(5,6)30-16-23-25(36)32-24(17(2)3)26(37)31-21-14-10-8-12-19(21)27(38)34(23)28(30)33(18(4)35)22-15-11-9-13-20(22)30/h7-15,17,23-24,28H,1,16H2,2-6H3,(H,31,37)(H,32,36). The van der Waals surface area contributed by atoms with Gasteiger partial charge in [0.2, 0.25) is 17.7 Å². The van der Waals surface area contributed by atoms with E-state index >= 15 is 0 Å². The van der Waals surface area contributed by atoms with Crippen LogP contribution in [0.25, 0.3) is 0 Å². The molecular weight excluding hydrogens is 480 g/mol. The van der Waals surface area contributed by atoms with Gasteiger partial charge in [0.25, 0.3) is 5.91 Å². The van der Waals surface area contributed by atoms with Crippen LogP contribution in [0.2, 0.25) is 0 Å². The van der Waals surface area contributed by atoms with Crippen molar-refractivity contribution in [2.45, 2.75) is 64.7 Å². The third-order valence-corrected chi connectivity index (χ3v) is 8.64. The molecular formula is C30H34N4O4. The van der Waals surface area contributed by atoms with Gasteiger partial charge >= 0.3 is 0 Å². The van der Waals surface area contributed by atoms with E-state index in [2.05, 4.69) is 17.2 Å². The molecule has 4 unspecified atom stereocenters. The summed E-state index contributed by atoms with van der Waals surface area (Å²) in [6.07, 6.45) is 1.34. The zero-order valence-electron chi connectivity index (χ0n) is 22.4. The van der Waals surface area contributed by atoms with Crippen molar-refractivity contribution in [3.63, 3.8) is 0 Å². The Balaban J connectivity index is 1.81. The molecule has 5 rings (SSSR count). The molecule has 0 bridgehead atoms. The van der Waals surface area contributed by atoms with E-state index in [1.165, 1.54) is 6.92 Å². The SMILES string of the molecule is C=CC(C)(C)C12CC3C(=O)NC(C(C)C)C(=O)Nc4ccccc4C(=O)N3C1N(C(C)=O)c1ccccc12. The van der Waals surface area contributed by atoms with E-state index in [9.17, 15) is 19.2 Å². The summed E-state index contributed by atoms with van der Waals surface area (Å²) in [5.74, 6) is -1.63. The molecule has 0 saturated carbocycles. The van der Waals surface area contributed by atoms with Crippen molar-refractivity contribution in [3.8, 4) is 0 Å². The van der Waals surface area contributed by atoms with Crippen LogP contribution in [0.1, 0.15) is 57.0 Å². The first-order valence-corrected chi connectivity index (χ1v) is 13.0. The molecule has 3 aliphatic rings. The molecule has 2 N–H and O–H groups in total. The topological polar surface area (TPSA) is 98.8 Å². The monoisotopic (exact) mass is 514 g/mol. The molecule has 0 spiro atoms. The van der Waals surface area contributed by atoms with Crippen molar-refractivity contribution >= 4 is 35.0 Å². The number of nitrogens with one attached hydrogen (secondary N) is 2. The fourth-order valence-electron chi connectivity index (χ4n) is 6.55. The van der Waals surface area contributed by atoms with Gasteiger partial charge in [0, 0.05) is 18.0 Å². The van der Waals surface area contributed by atoms with E-state index in [0.29, 0.717) is 5.69 Å². The van der Waals surface area contributed by atoms with Crippen LogP contribution in [0.5, 0.6) is 0 Å². The highest BCUT2D eigenvalue weighted by molar-refractivity contribution is 6.09. The zero-order valence-corrected chi connectivity index (χ0v) is 22.4. The number of carbonyl (C=O) groups is 4. The lowest BCUT2D eigenvalue weighted by Gasteiger charge is -2.45. The van der Waals surface area contributed by atoms with E-state index in [4.69, 9.17) is 0 Å². The second kappa shape index (κ2) is 8.82. The Morgan fingerprint density at radius 2 is 1.74 bits per heavy atom. The van der Waals surface area contributed by atoms with Gasteiger partial charge in [0.1, 0.15) is 18.2 Å². The van der Waals surface area contributed by atoms with Gasteiger partial charge in [-0.15, -0.1) is 6.58 Å². The van der Waals surface area contributed by atoms with Gasteiger partial charge in [-0.3, -0.25) is 24.1 Å². The first kappa shape index (κ1) is 25.7. The maximum absolute atomic E-state index is 14.5. The predicted molar refractivity (Wildman–Crippen MR) is 145 cm³/mol. The number of nitrogens with zero attached hydrogens (tertiary/aromatic N) is 2. The molecule has 198 valence electrons. The molecule has 2 aromatic carbocycles. The summed E-state index contributed by atoms with van der Waals surface area (Å²) in [6.45, 7) is 13.4. The number of benzene rings is 2. The largest absolute Gasteiger partial charge is 0.342 e. The summed E-state index contributed by atoms with van der Waals surface area (Å²) in [7, 11) is 0. The highest BCUT2D eigenvalue weighted by Gasteiger charge is 2.68. The van der Waals surface area contributed by atoms with E-state index in [0.717, 1.165) is 11.3 Å². The normalized spacial score (nSPS) is 26.7. The number of carbonyl (C=O) groups excluding carboxylic acids is 4. The van der Waals surface area contributed by atoms with Crippen LogP contribution in [-0.2, 0) is 19.8 Å². The molecule has 3 aliphatic heterocycles. The lowest BCUT2D eigenvalue weighted by atomic mass is 9.60. The highest BCUT2D eigenvalue weighted by atomic mass is 16.2. The maximum Gasteiger partial charge on any atom is 0.258 e. The summed E-state index contributed by atoms with van der Waals surface area (Å²) in [6, 6.07) is 12.8. The van der Waals surface area contributed by atoms with Crippen LogP contribution in [0.15, 0.2) is 61.2 Å². The molecule has 4 atom stereocenters. The lowest BCUT2D eigenvalue weighted by molar-refractivity contribution is -0.130. The van der Waals surface area contributed by atoms with Crippen LogP contribution >= 0.6 is 0 Å². The van der Waals surface area contributed by atoms with Crippen molar-refractivity contribution in [2.75, 3.05) is 10.2 Å². The second-order valence-corrected chi connectivity index (χ2v) is 11.4. The summed E-state index contributed by atoms with van der Waals surface area (Å²) in [5.41, 5.74) is 0.837. The number of allylic oxidation sites excluding steroid dienone is 1. The molecule has 0 aliphatic carbocycles. The molecule has 2 aromatic rings. The van der Waals surface area contributed by atoms with E-state index in [1.54, 1.807) is 34.1 Å². The Bertz CT molecular complexity index is 1370. The third-order valence-electron chi connectivity index (χ3n) is 8.64. The molecule has 0 radical (unpaired) electrons. The fraction of sp³-hybridized carbons (Fsp3) is 0.400. The Hall–Kier alpha value is -3.94. The minimum atomic E-state index is -0.915. The summed E-state index contributed by atoms with van der Waals surface area (Å²) in [5, 5.41) is 5.78. The first-order valence-electron chi connectivity index (χ1n) is 13.0. The third kappa shape index (κ3) is 3.42. The van der Waals surface area contributed by atoms with Crippen LogP contribution in [0.4, 0.5) is 11.4 Å². The van der Waals surface area contributed by atoms with Crippen LogP contribution in [0.3, 0.4) is 0 Å². The Kier molecular flexibility index (Phi) is 5.97. The van der Waals surface area contributed by atoms with Gasteiger partial charge < -0.3 is 15.5 Å². The van der Waals surface area contributed by atoms with Crippen molar-refractivity contribution in [3.05, 3.63) is 72.3 Å². The van der Waals surface area contributed by atoms with Crippen LogP contribution < -0.4 is 15.5 Å². The van der Waals surface area contributed by atoms with Crippen molar-refractivity contribution in [2.24, 2.45) is 11.3 Å². The maximum atomic E-state index is 14.5. The molecule has 1 saturated heterocycles. The number of amides is 4. The van der Waals surface area contributed by atoms with Gasteiger partial charge in [-0.05, 0) is 41.5 Å². The minimum Gasteiger partial charge on any atom is -0.342 e. The van der Waals surface area contributed by atoms with Gasteiger partial charge in [-0.25, -0.2) is 0 Å². The molecule has 3 heterocycles. The van der Waals surface area contributed by atoms with Gasteiger partial charge in [-0.2, -0.15) is 0 Å². The van der Waals surface area contributed by atoms with Crippen molar-refractivity contribution in [1.82, 2.24) is 10.2 Å². The smallest absolute Gasteiger partial charge is 0.258 e. The van der Waals surface area contributed by atoms with E-state index in [1.807, 2.05) is 58.0 Å². The molecule has 8 nitrogen and oxygen atoms in total. The minimum absolute atomic E-state index is 0.191. The Morgan fingerprint density at radius 3 is 2.39 bits per heavy atom. The quantitative estimate of drug-likeness (QED) is 0.608. The van der Waals surface area contributed by atoms with Crippen LogP contribution in [-0.4, -0.2) is 46.8 Å². The summed E-state index contributed by atoms with van der Waals surface area (Å²) in [4.78, 5) is 58.2. The van der Waals surface area contributed by atoms with Crippen LogP contribution in [0, 0.1) is 11.3 Å². The average molecular weight is 515 g/mol. The van der Waals surface area contributed by atoms with Gasteiger partial charge in [0.15, 0.2) is 0 Å². The van der Waals surface area contributed by atoms with Gasteiger partial charge in [0.05, 0.1) is 11.3 Å². The summed E-state index contributed by atoms with van der Waals surface area (Å²) < 4.78 is 0. The molecule has 0 aromatic heterocycles. The number of para-hydroxylation sites is 2. The number of hydrogen-bond donors (Lipinski definition) is 2. The number of rotatable bonds is 3. The first-order chi connectivity index (χ1) is 18.0. The van der Waals surface area contributed by atoms with E-state index in [-0.39, 0.29) is 29.7 Å². The number of anilines is 2. The Morgan fingerprint density at radius 1 is 1.08 bits per heavy atom. The predicted octanol–water partition coefficient (Wildman–Crippen LogP) is 3.84. The lowest BCUT2D eigenvalue weighted by Crippen LogP contribution is -2.60. The van der Waals surface area contributed by atoms with Crippen molar-refractivity contribution < 1.29 is 19.2 Å². The number of fused-ring (bicyclic) bond motifs is 6. The highest BCUT2D eigenvalue weighted by Crippen LogP contribution is 2.62. The zero-order chi connectivity index (χ0) is 27.6. The van der Waals surface area contributed by atoms with Gasteiger partial charge in [-0.1, -0.05) is 64.1 Å². The fourth-order valence-corrected chi connectivity index (χ4v) is 6.55. The number of hydrogen-bond acceptors (Lipinski definition) is 4. The Labute approximate surface area is 223 Å². The molecule has 1 fully saturated rings. The van der Waals surface area contributed by atoms with Crippen molar-refractivity contribution in [1.29, 1.82) is 0 Å².